The van der Waals surface area contributed by atoms with Crippen molar-refractivity contribution < 1.29 is 23.5 Å². The number of rotatable bonds is 9. The van der Waals surface area contributed by atoms with E-state index in [-0.39, 0.29) is 37.2 Å². The number of ether oxygens (including phenoxy) is 2. The van der Waals surface area contributed by atoms with E-state index in [1.165, 1.54) is 31.4 Å². The molecule has 1 aromatic carbocycles. The molecule has 6 nitrogen and oxygen atoms in total. The minimum atomic E-state index is -0.348. The molecule has 0 aromatic heterocycles. The fourth-order valence-corrected chi connectivity index (χ4v) is 1.41. The van der Waals surface area contributed by atoms with Crippen LogP contribution in [0.2, 0.25) is 0 Å². The summed E-state index contributed by atoms with van der Waals surface area (Å²) in [6.07, 6.45) is 0.114. The molecule has 0 spiro atoms. The summed E-state index contributed by atoms with van der Waals surface area (Å²) in [5.41, 5.74) is 0. The number of carbonyl (C=O) groups excluding carboxylic acids is 2. The Morgan fingerprint density at radius 1 is 1.10 bits per heavy atom. The molecular formula is C14H19FN2O4. The summed E-state index contributed by atoms with van der Waals surface area (Å²) >= 11 is 0. The molecule has 0 fully saturated rings. The van der Waals surface area contributed by atoms with Crippen LogP contribution in [0, 0.1) is 5.82 Å². The maximum atomic E-state index is 12.7. The van der Waals surface area contributed by atoms with Gasteiger partial charge in [0.2, 0.25) is 11.8 Å². The van der Waals surface area contributed by atoms with E-state index < -0.39 is 0 Å². The second-order valence-electron chi connectivity index (χ2n) is 4.17. The summed E-state index contributed by atoms with van der Waals surface area (Å²) in [6.45, 7) is 0.895. The molecule has 0 saturated carbocycles. The molecule has 0 aliphatic rings. The lowest BCUT2D eigenvalue weighted by molar-refractivity contribution is -0.126. The first-order valence-corrected chi connectivity index (χ1v) is 6.52. The fourth-order valence-electron chi connectivity index (χ4n) is 1.41. The number of hydrogen-bond acceptors (Lipinski definition) is 4. The molecular weight excluding hydrogens is 279 g/mol. The largest absolute Gasteiger partial charge is 0.493 e. The zero-order chi connectivity index (χ0) is 15.5. The highest BCUT2D eigenvalue weighted by atomic mass is 19.1. The third kappa shape index (κ3) is 7.88. The molecule has 0 aliphatic heterocycles. The average molecular weight is 298 g/mol. The van der Waals surface area contributed by atoms with Crippen LogP contribution in [0.4, 0.5) is 4.39 Å². The molecule has 1 aromatic rings. The summed E-state index contributed by atoms with van der Waals surface area (Å²) in [7, 11) is 1.54. The van der Waals surface area contributed by atoms with Crippen molar-refractivity contribution in [2.24, 2.45) is 0 Å². The molecule has 2 N–H and O–H groups in total. The van der Waals surface area contributed by atoms with Crippen molar-refractivity contribution >= 4 is 11.8 Å². The minimum absolute atomic E-state index is 0.0842. The van der Waals surface area contributed by atoms with Crippen LogP contribution in [-0.2, 0) is 14.3 Å². The molecule has 1 rings (SSSR count). The Bertz CT molecular complexity index is 451. The van der Waals surface area contributed by atoms with Gasteiger partial charge in [0.25, 0.3) is 0 Å². The highest BCUT2D eigenvalue weighted by molar-refractivity contribution is 5.84. The molecule has 0 bridgehead atoms. The van der Waals surface area contributed by atoms with Crippen molar-refractivity contribution in [3.05, 3.63) is 30.1 Å². The first-order chi connectivity index (χ1) is 10.1. The smallest absolute Gasteiger partial charge is 0.239 e. The molecule has 0 saturated heterocycles. The number of amides is 2. The Morgan fingerprint density at radius 3 is 2.48 bits per heavy atom. The van der Waals surface area contributed by atoms with E-state index in [1.54, 1.807) is 0 Å². The quantitative estimate of drug-likeness (QED) is 0.650. The minimum Gasteiger partial charge on any atom is -0.493 e. The van der Waals surface area contributed by atoms with Crippen LogP contribution < -0.4 is 15.4 Å². The van der Waals surface area contributed by atoms with E-state index in [0.29, 0.717) is 18.9 Å². The van der Waals surface area contributed by atoms with Gasteiger partial charge in [0.15, 0.2) is 0 Å². The summed E-state index contributed by atoms with van der Waals surface area (Å²) in [5.74, 6) is -0.431. The van der Waals surface area contributed by atoms with Crippen LogP contribution in [0.1, 0.15) is 6.42 Å². The predicted molar refractivity (Wildman–Crippen MR) is 74.4 cm³/mol. The van der Waals surface area contributed by atoms with E-state index in [2.05, 4.69) is 10.6 Å². The molecule has 2 amide bonds. The maximum Gasteiger partial charge on any atom is 0.239 e. The third-order valence-corrected chi connectivity index (χ3v) is 2.49. The van der Waals surface area contributed by atoms with Gasteiger partial charge >= 0.3 is 0 Å². The third-order valence-electron chi connectivity index (χ3n) is 2.49. The van der Waals surface area contributed by atoms with Gasteiger partial charge < -0.3 is 20.1 Å². The Kier molecular flexibility index (Phi) is 7.81. The van der Waals surface area contributed by atoms with Crippen molar-refractivity contribution in [3.63, 3.8) is 0 Å². The zero-order valence-electron chi connectivity index (χ0n) is 11.9. The standard InChI is InChI=1S/C14H19FN2O4/c1-20-9-7-16-14(19)10-17-13(18)6-8-21-12-4-2-11(15)3-5-12/h2-5H,6-10H2,1H3,(H,16,19)(H,17,18). The van der Waals surface area contributed by atoms with Crippen molar-refractivity contribution in [1.29, 1.82) is 0 Å². The maximum absolute atomic E-state index is 12.7. The molecule has 0 aliphatic carbocycles. The summed E-state index contributed by atoms with van der Waals surface area (Å²) in [5, 5.41) is 5.05. The van der Waals surface area contributed by atoms with Crippen molar-refractivity contribution in [1.82, 2.24) is 10.6 Å². The molecule has 116 valence electrons. The van der Waals surface area contributed by atoms with E-state index >= 15 is 0 Å². The first kappa shape index (κ1) is 16.9. The van der Waals surface area contributed by atoms with Crippen molar-refractivity contribution in [3.8, 4) is 5.75 Å². The van der Waals surface area contributed by atoms with Crippen LogP contribution in [0.3, 0.4) is 0 Å². The van der Waals surface area contributed by atoms with E-state index in [4.69, 9.17) is 9.47 Å². The normalized spacial score (nSPS) is 10.0. The molecule has 0 unspecified atom stereocenters. The second-order valence-corrected chi connectivity index (χ2v) is 4.17. The summed E-state index contributed by atoms with van der Waals surface area (Å²) in [6, 6.07) is 5.52. The molecule has 7 heteroatoms. The van der Waals surface area contributed by atoms with Gasteiger partial charge in [-0.2, -0.15) is 0 Å². The lowest BCUT2D eigenvalue weighted by atomic mass is 10.3. The van der Waals surface area contributed by atoms with Crippen LogP contribution in [0.15, 0.2) is 24.3 Å². The van der Waals surface area contributed by atoms with Gasteiger partial charge in [0, 0.05) is 13.7 Å². The highest BCUT2D eigenvalue weighted by Crippen LogP contribution is 2.10. The molecule has 0 radical (unpaired) electrons. The molecule has 0 heterocycles. The van der Waals surface area contributed by atoms with Gasteiger partial charge in [0.05, 0.1) is 26.2 Å². The zero-order valence-corrected chi connectivity index (χ0v) is 11.9. The lowest BCUT2D eigenvalue weighted by Crippen LogP contribution is -2.38. The Labute approximate surface area is 122 Å². The van der Waals surface area contributed by atoms with Crippen LogP contribution in [0.25, 0.3) is 0 Å². The number of halogens is 1. The van der Waals surface area contributed by atoms with Gasteiger partial charge in [-0.3, -0.25) is 9.59 Å². The van der Waals surface area contributed by atoms with Gasteiger partial charge in [-0.05, 0) is 24.3 Å². The SMILES string of the molecule is COCCNC(=O)CNC(=O)CCOc1ccc(F)cc1. The lowest BCUT2D eigenvalue weighted by Gasteiger charge is -2.08. The van der Waals surface area contributed by atoms with Gasteiger partial charge in [-0.15, -0.1) is 0 Å². The Balaban J connectivity index is 2.11. The number of methoxy groups -OCH3 is 1. The van der Waals surface area contributed by atoms with Gasteiger partial charge in [-0.25, -0.2) is 4.39 Å². The second kappa shape index (κ2) is 9.71. The molecule has 0 atom stereocenters. The van der Waals surface area contributed by atoms with Gasteiger partial charge in [-0.1, -0.05) is 0 Å². The van der Waals surface area contributed by atoms with Crippen molar-refractivity contribution in [2.45, 2.75) is 6.42 Å². The Hall–Kier alpha value is -2.15. The predicted octanol–water partition coefficient (Wildman–Crippen LogP) is 0.473. The van der Waals surface area contributed by atoms with Gasteiger partial charge in [0.1, 0.15) is 11.6 Å². The van der Waals surface area contributed by atoms with Crippen LogP contribution >= 0.6 is 0 Å². The molecule has 21 heavy (non-hydrogen) atoms. The highest BCUT2D eigenvalue weighted by Gasteiger charge is 2.05. The average Bonchev–Trinajstić information content (AvgIpc) is 2.47. The summed E-state index contributed by atoms with van der Waals surface area (Å²) < 4.78 is 22.7. The van der Waals surface area contributed by atoms with Crippen molar-refractivity contribution in [2.75, 3.05) is 33.4 Å². The van der Waals surface area contributed by atoms with E-state index in [0.717, 1.165) is 0 Å². The van der Waals surface area contributed by atoms with Crippen LogP contribution in [-0.4, -0.2) is 45.2 Å². The first-order valence-electron chi connectivity index (χ1n) is 6.52. The van der Waals surface area contributed by atoms with E-state index in [9.17, 15) is 14.0 Å². The monoisotopic (exact) mass is 298 g/mol. The number of hydrogen-bond donors (Lipinski definition) is 2. The summed E-state index contributed by atoms with van der Waals surface area (Å²) in [4.78, 5) is 22.8. The Morgan fingerprint density at radius 2 is 1.81 bits per heavy atom. The topological polar surface area (TPSA) is 76.7 Å². The fraction of sp³-hybridized carbons (Fsp3) is 0.429. The number of benzene rings is 1. The number of carbonyl (C=O) groups is 2. The number of nitrogens with one attached hydrogen (secondary N) is 2. The van der Waals surface area contributed by atoms with Crippen LogP contribution in [0.5, 0.6) is 5.75 Å². The van der Waals surface area contributed by atoms with E-state index in [1.807, 2.05) is 0 Å².